The first kappa shape index (κ1) is 23.6. The minimum Gasteiger partial charge on any atom is -0.334 e. The fourth-order valence-electron chi connectivity index (χ4n) is 5.78. The van der Waals surface area contributed by atoms with Crippen molar-refractivity contribution < 1.29 is 4.79 Å². The first-order valence-corrected chi connectivity index (χ1v) is 13.1. The van der Waals surface area contributed by atoms with Gasteiger partial charge in [-0.1, -0.05) is 90.5 Å². The smallest absolute Gasteiger partial charge is 0.223 e. The van der Waals surface area contributed by atoms with Gasteiger partial charge in [0.25, 0.3) is 0 Å². The van der Waals surface area contributed by atoms with Crippen molar-refractivity contribution in [2.75, 3.05) is 19.6 Å². The topological polar surface area (TPSA) is 23.6 Å². The van der Waals surface area contributed by atoms with Gasteiger partial charge >= 0.3 is 0 Å². The fraction of sp³-hybridized carbons (Fsp3) is 0.344. The second-order valence-electron chi connectivity index (χ2n) is 10.0. The van der Waals surface area contributed by atoms with Gasteiger partial charge in [0.05, 0.1) is 0 Å². The summed E-state index contributed by atoms with van der Waals surface area (Å²) in [5, 5.41) is 0. The molecule has 1 aliphatic heterocycles. The number of hydrogen-bond acceptors (Lipinski definition) is 2. The number of hydrogen-bond donors (Lipinski definition) is 0. The van der Waals surface area contributed by atoms with Crippen LogP contribution in [-0.4, -0.2) is 35.3 Å². The Labute approximate surface area is 210 Å². The SMILES string of the molecule is CC1=C2CCN(CCCCC(=O)N(Cc3ccccc3)Cc3ccccc3)CC2c2ccccc21. The first-order valence-electron chi connectivity index (χ1n) is 13.1. The van der Waals surface area contributed by atoms with E-state index in [4.69, 9.17) is 0 Å². The monoisotopic (exact) mass is 464 g/mol. The summed E-state index contributed by atoms with van der Waals surface area (Å²) in [7, 11) is 0. The van der Waals surface area contributed by atoms with E-state index in [0.29, 0.717) is 25.4 Å². The van der Waals surface area contributed by atoms with E-state index in [2.05, 4.69) is 60.4 Å². The number of carbonyl (C=O) groups is 1. The lowest BCUT2D eigenvalue weighted by atomic mass is 9.89. The van der Waals surface area contributed by atoms with Crippen LogP contribution < -0.4 is 0 Å². The molecule has 2 aliphatic rings. The number of carbonyl (C=O) groups excluding carboxylic acids is 1. The molecule has 180 valence electrons. The molecular weight excluding hydrogens is 428 g/mol. The molecule has 1 aliphatic carbocycles. The lowest BCUT2D eigenvalue weighted by Crippen LogP contribution is -2.35. The molecule has 3 nitrogen and oxygen atoms in total. The van der Waals surface area contributed by atoms with Crippen molar-refractivity contribution in [3.63, 3.8) is 0 Å². The maximum Gasteiger partial charge on any atom is 0.223 e. The van der Waals surface area contributed by atoms with Gasteiger partial charge in [-0.15, -0.1) is 0 Å². The average Bonchev–Trinajstić information content (AvgIpc) is 3.19. The minimum absolute atomic E-state index is 0.252. The van der Waals surface area contributed by atoms with Gasteiger partial charge in [0.15, 0.2) is 0 Å². The summed E-state index contributed by atoms with van der Waals surface area (Å²) in [5.74, 6) is 0.815. The molecule has 3 heteroatoms. The van der Waals surface area contributed by atoms with E-state index in [0.717, 1.165) is 32.5 Å². The van der Waals surface area contributed by atoms with Crippen molar-refractivity contribution in [1.29, 1.82) is 0 Å². The summed E-state index contributed by atoms with van der Waals surface area (Å²) in [5.41, 5.74) is 8.49. The standard InChI is InChI=1S/C32H36N2O/c1-25-28-16-8-9-17-30(28)31-24-33(21-19-29(25)31)20-11-10-18-32(35)34(22-26-12-4-2-5-13-26)23-27-14-6-3-7-15-27/h2-9,12-17,31H,10-11,18-24H2,1H3. The number of piperidine rings is 1. The van der Waals surface area contributed by atoms with Crippen LogP contribution in [0.5, 0.6) is 0 Å². The van der Waals surface area contributed by atoms with Crippen molar-refractivity contribution >= 4 is 11.5 Å². The highest BCUT2D eigenvalue weighted by Crippen LogP contribution is 2.45. The summed E-state index contributed by atoms with van der Waals surface area (Å²) < 4.78 is 0. The van der Waals surface area contributed by atoms with Crippen LogP contribution in [0.4, 0.5) is 0 Å². The van der Waals surface area contributed by atoms with E-state index in [1.165, 1.54) is 34.2 Å². The van der Waals surface area contributed by atoms with Crippen LogP contribution in [0.1, 0.15) is 60.8 Å². The number of amides is 1. The Hall–Kier alpha value is -3.17. The van der Waals surface area contributed by atoms with E-state index in [1.54, 1.807) is 5.57 Å². The molecule has 1 heterocycles. The summed E-state index contributed by atoms with van der Waals surface area (Å²) in [6.07, 6.45) is 3.80. The van der Waals surface area contributed by atoms with Gasteiger partial charge in [-0.3, -0.25) is 4.79 Å². The fourth-order valence-corrected chi connectivity index (χ4v) is 5.78. The molecule has 0 radical (unpaired) electrons. The molecule has 1 amide bonds. The third kappa shape index (κ3) is 5.57. The predicted molar refractivity (Wildman–Crippen MR) is 144 cm³/mol. The van der Waals surface area contributed by atoms with Crippen molar-refractivity contribution in [3.05, 3.63) is 113 Å². The molecule has 0 aromatic heterocycles. The highest BCUT2D eigenvalue weighted by Gasteiger charge is 2.33. The third-order valence-electron chi connectivity index (χ3n) is 7.68. The molecule has 35 heavy (non-hydrogen) atoms. The van der Waals surface area contributed by atoms with Gasteiger partial charge in [0.2, 0.25) is 5.91 Å². The Morgan fingerprint density at radius 1 is 0.857 bits per heavy atom. The number of likely N-dealkylation sites (tertiary alicyclic amines) is 1. The normalized spacial score (nSPS) is 17.2. The predicted octanol–water partition coefficient (Wildman–Crippen LogP) is 6.66. The van der Waals surface area contributed by atoms with E-state index >= 15 is 0 Å². The molecule has 1 atom stereocenters. The second kappa shape index (κ2) is 11.0. The van der Waals surface area contributed by atoms with Crippen LogP contribution in [0, 0.1) is 0 Å². The van der Waals surface area contributed by atoms with Crippen molar-refractivity contribution in [2.24, 2.45) is 0 Å². The summed E-state index contributed by atoms with van der Waals surface area (Å²) in [4.78, 5) is 17.9. The molecule has 0 N–H and O–H groups in total. The van der Waals surface area contributed by atoms with Gasteiger partial charge in [-0.25, -0.2) is 0 Å². The number of rotatable bonds is 9. The lowest BCUT2D eigenvalue weighted by molar-refractivity contribution is -0.132. The molecule has 0 saturated carbocycles. The van der Waals surface area contributed by atoms with Crippen LogP contribution in [0.15, 0.2) is 90.5 Å². The highest BCUT2D eigenvalue weighted by atomic mass is 16.2. The molecule has 0 spiro atoms. The Morgan fingerprint density at radius 2 is 1.49 bits per heavy atom. The molecule has 5 rings (SSSR count). The van der Waals surface area contributed by atoms with Crippen LogP contribution in [0.25, 0.3) is 5.57 Å². The molecular formula is C32H36N2O. The average molecular weight is 465 g/mol. The Balaban J connectivity index is 1.13. The van der Waals surface area contributed by atoms with Crippen molar-refractivity contribution in [3.8, 4) is 0 Å². The summed E-state index contributed by atoms with van der Waals surface area (Å²) >= 11 is 0. The zero-order valence-electron chi connectivity index (χ0n) is 20.8. The first-order chi connectivity index (χ1) is 17.2. The zero-order valence-corrected chi connectivity index (χ0v) is 20.8. The minimum atomic E-state index is 0.252. The number of unbranched alkanes of at least 4 members (excludes halogenated alkanes) is 1. The van der Waals surface area contributed by atoms with E-state index in [1.807, 2.05) is 41.3 Å². The molecule has 3 aromatic carbocycles. The Kier molecular flexibility index (Phi) is 7.44. The molecule has 3 aromatic rings. The quantitative estimate of drug-likeness (QED) is 0.331. The van der Waals surface area contributed by atoms with Crippen LogP contribution >= 0.6 is 0 Å². The van der Waals surface area contributed by atoms with Gasteiger partial charge in [-0.05, 0) is 60.6 Å². The van der Waals surface area contributed by atoms with Gasteiger partial charge in [-0.2, -0.15) is 0 Å². The third-order valence-corrected chi connectivity index (χ3v) is 7.68. The van der Waals surface area contributed by atoms with E-state index in [9.17, 15) is 4.79 Å². The highest BCUT2D eigenvalue weighted by molar-refractivity contribution is 5.77. The van der Waals surface area contributed by atoms with E-state index in [-0.39, 0.29) is 5.91 Å². The van der Waals surface area contributed by atoms with Crippen molar-refractivity contribution in [1.82, 2.24) is 9.80 Å². The molecule has 0 bridgehead atoms. The Morgan fingerprint density at radius 3 is 2.17 bits per heavy atom. The lowest BCUT2D eigenvalue weighted by Gasteiger charge is -2.33. The van der Waals surface area contributed by atoms with Crippen LogP contribution in [0.3, 0.4) is 0 Å². The summed E-state index contributed by atoms with van der Waals surface area (Å²) in [6, 6.07) is 29.6. The van der Waals surface area contributed by atoms with Gasteiger partial charge in [0.1, 0.15) is 0 Å². The van der Waals surface area contributed by atoms with Crippen LogP contribution in [0.2, 0.25) is 0 Å². The number of allylic oxidation sites excluding steroid dienone is 1. The van der Waals surface area contributed by atoms with Crippen LogP contribution in [-0.2, 0) is 17.9 Å². The van der Waals surface area contributed by atoms with Gasteiger partial charge < -0.3 is 9.80 Å². The maximum absolute atomic E-state index is 13.2. The molecule has 1 unspecified atom stereocenters. The zero-order chi connectivity index (χ0) is 24.0. The number of fused-ring (bicyclic) bond motifs is 3. The summed E-state index contributed by atoms with van der Waals surface area (Å²) in [6.45, 7) is 6.96. The number of nitrogens with zero attached hydrogens (tertiary/aromatic N) is 2. The second-order valence-corrected chi connectivity index (χ2v) is 10.0. The van der Waals surface area contributed by atoms with E-state index < -0.39 is 0 Å². The maximum atomic E-state index is 13.2. The van der Waals surface area contributed by atoms with Crippen molar-refractivity contribution in [2.45, 2.75) is 51.6 Å². The number of benzene rings is 3. The molecule has 1 fully saturated rings. The largest absolute Gasteiger partial charge is 0.334 e. The van der Waals surface area contributed by atoms with Gasteiger partial charge in [0, 0.05) is 38.5 Å². The Bertz CT molecular complexity index is 1130. The molecule has 1 saturated heterocycles.